The highest BCUT2D eigenvalue weighted by Crippen LogP contribution is 2.43. The van der Waals surface area contributed by atoms with Crippen LogP contribution < -0.4 is 5.32 Å². The van der Waals surface area contributed by atoms with Gasteiger partial charge in [-0.15, -0.1) is 6.58 Å². The molecule has 0 aromatic heterocycles. The summed E-state index contributed by atoms with van der Waals surface area (Å²) in [7, 11) is 0. The van der Waals surface area contributed by atoms with Gasteiger partial charge in [-0.2, -0.15) is 0 Å². The molecule has 2 atom stereocenters. The average molecular weight is 367 g/mol. The van der Waals surface area contributed by atoms with Crippen molar-refractivity contribution in [1.29, 1.82) is 0 Å². The average Bonchev–Trinajstić information content (AvgIpc) is 2.75. The molecule has 0 radical (unpaired) electrons. The van der Waals surface area contributed by atoms with E-state index in [0.717, 1.165) is 0 Å². The Morgan fingerprint density at radius 2 is 1.81 bits per heavy atom. The van der Waals surface area contributed by atoms with Crippen LogP contribution in [0.3, 0.4) is 0 Å². The van der Waals surface area contributed by atoms with Crippen LogP contribution in [0, 0.1) is 11.3 Å². The maximum atomic E-state index is 13.2. The van der Waals surface area contributed by atoms with Crippen LogP contribution in [0.15, 0.2) is 12.7 Å². The molecule has 1 aliphatic heterocycles. The van der Waals surface area contributed by atoms with Crippen LogP contribution in [-0.2, 0) is 14.3 Å². The van der Waals surface area contributed by atoms with Crippen LogP contribution in [0.1, 0.15) is 61.3 Å². The van der Waals surface area contributed by atoms with Crippen LogP contribution in [0.2, 0.25) is 0 Å². The van der Waals surface area contributed by atoms with Crippen LogP contribution in [0.4, 0.5) is 4.79 Å². The van der Waals surface area contributed by atoms with Crippen LogP contribution in [0.5, 0.6) is 0 Å². The van der Waals surface area contributed by atoms with E-state index in [1.165, 1.54) is 6.92 Å². The maximum Gasteiger partial charge on any atom is 0.410 e. The molecule has 0 aliphatic carbocycles. The van der Waals surface area contributed by atoms with Crippen LogP contribution >= 0.6 is 0 Å². The molecule has 26 heavy (non-hydrogen) atoms. The number of hydrogen-bond donors (Lipinski definition) is 1. The number of likely N-dealkylation sites (tertiary alicyclic amines) is 1. The van der Waals surface area contributed by atoms with E-state index in [0.29, 0.717) is 13.0 Å². The van der Waals surface area contributed by atoms with Gasteiger partial charge in [0.15, 0.2) is 0 Å². The Labute approximate surface area is 157 Å². The van der Waals surface area contributed by atoms with Crippen LogP contribution in [-0.4, -0.2) is 46.9 Å². The van der Waals surface area contributed by atoms with Gasteiger partial charge in [-0.05, 0) is 60.8 Å². The largest absolute Gasteiger partial charge is 0.444 e. The summed E-state index contributed by atoms with van der Waals surface area (Å²) in [6.07, 6.45) is 1.92. The minimum Gasteiger partial charge on any atom is -0.444 e. The molecular formula is C20H34N2O4. The molecule has 1 rings (SSSR count). The number of allylic oxidation sites excluding steroid dienone is 1. The second-order valence-electron chi connectivity index (χ2n) is 9.32. The molecule has 0 spiro atoms. The van der Waals surface area contributed by atoms with E-state index in [-0.39, 0.29) is 30.6 Å². The number of rotatable bonds is 5. The first-order valence-corrected chi connectivity index (χ1v) is 9.11. The topological polar surface area (TPSA) is 75.7 Å². The Morgan fingerprint density at radius 1 is 1.23 bits per heavy atom. The number of Topliss-reactive ketones (excluding diaryl/α,β-unsaturated/α-hetero) is 1. The first-order chi connectivity index (χ1) is 11.7. The summed E-state index contributed by atoms with van der Waals surface area (Å²) in [6.45, 7) is 16.9. The highest BCUT2D eigenvalue weighted by Gasteiger charge is 2.54. The Hall–Kier alpha value is -1.85. The first kappa shape index (κ1) is 22.2. The van der Waals surface area contributed by atoms with E-state index < -0.39 is 22.6 Å². The van der Waals surface area contributed by atoms with Crippen molar-refractivity contribution in [2.45, 2.75) is 72.4 Å². The Morgan fingerprint density at radius 3 is 2.23 bits per heavy atom. The monoisotopic (exact) mass is 366 g/mol. The molecule has 0 aromatic rings. The van der Waals surface area contributed by atoms with E-state index in [1.807, 2.05) is 20.8 Å². The molecule has 1 fully saturated rings. The molecular weight excluding hydrogens is 332 g/mol. The van der Waals surface area contributed by atoms with Crippen molar-refractivity contribution in [2.24, 2.45) is 11.3 Å². The lowest BCUT2D eigenvalue weighted by Crippen LogP contribution is -2.53. The van der Waals surface area contributed by atoms with Crippen molar-refractivity contribution in [1.82, 2.24) is 10.2 Å². The minimum absolute atomic E-state index is 0.0749. The number of hydrogen-bond acceptors (Lipinski definition) is 4. The normalized spacial score (nSPS) is 23.5. The summed E-state index contributed by atoms with van der Waals surface area (Å²) in [5.74, 6) is -0.453. The third-order valence-electron chi connectivity index (χ3n) is 4.30. The van der Waals surface area contributed by atoms with Crippen molar-refractivity contribution >= 4 is 17.8 Å². The van der Waals surface area contributed by atoms with Crippen molar-refractivity contribution in [2.75, 3.05) is 13.1 Å². The van der Waals surface area contributed by atoms with E-state index in [1.54, 1.807) is 31.7 Å². The fourth-order valence-corrected chi connectivity index (χ4v) is 3.39. The number of nitrogens with one attached hydrogen (secondary N) is 1. The number of nitrogens with zero attached hydrogens (tertiary/aromatic N) is 1. The van der Waals surface area contributed by atoms with E-state index in [2.05, 4.69) is 11.9 Å². The molecule has 1 aliphatic rings. The van der Waals surface area contributed by atoms with Gasteiger partial charge in [0.25, 0.3) is 0 Å². The first-order valence-electron chi connectivity index (χ1n) is 9.11. The summed E-state index contributed by atoms with van der Waals surface area (Å²) in [6, 6.07) is 0. The molecule has 1 heterocycles. The quantitative estimate of drug-likeness (QED) is 0.758. The Kier molecular flexibility index (Phi) is 6.66. The third-order valence-corrected chi connectivity index (χ3v) is 4.30. The fraction of sp³-hybridized carbons (Fsp3) is 0.750. The number of ether oxygens (including phenoxy) is 1. The molecule has 1 N–H and O–H groups in total. The number of ketones is 1. The molecule has 148 valence electrons. The zero-order valence-electron chi connectivity index (χ0n) is 17.3. The maximum absolute atomic E-state index is 13.2. The summed E-state index contributed by atoms with van der Waals surface area (Å²) in [4.78, 5) is 39.3. The molecule has 1 saturated heterocycles. The van der Waals surface area contributed by atoms with Crippen molar-refractivity contribution in [3.05, 3.63) is 12.7 Å². The van der Waals surface area contributed by atoms with E-state index >= 15 is 0 Å². The highest BCUT2D eigenvalue weighted by atomic mass is 16.6. The zero-order chi connectivity index (χ0) is 20.3. The van der Waals surface area contributed by atoms with Crippen molar-refractivity contribution in [3.8, 4) is 0 Å². The van der Waals surface area contributed by atoms with Gasteiger partial charge < -0.3 is 15.0 Å². The van der Waals surface area contributed by atoms with Gasteiger partial charge in [0.05, 0.1) is 5.41 Å². The summed E-state index contributed by atoms with van der Waals surface area (Å²) >= 11 is 0. The zero-order valence-corrected chi connectivity index (χ0v) is 17.3. The van der Waals surface area contributed by atoms with Gasteiger partial charge in [0, 0.05) is 25.0 Å². The Balaban J connectivity index is 3.22. The molecule has 0 bridgehead atoms. The van der Waals surface area contributed by atoms with Crippen molar-refractivity contribution in [3.63, 3.8) is 0 Å². The van der Waals surface area contributed by atoms with Gasteiger partial charge in [0.1, 0.15) is 11.4 Å². The lowest BCUT2D eigenvalue weighted by molar-refractivity contribution is -0.138. The number of carbonyl (C=O) groups is 3. The van der Waals surface area contributed by atoms with Gasteiger partial charge in [-0.25, -0.2) is 4.79 Å². The minimum atomic E-state index is -0.968. The molecule has 0 saturated carbocycles. The second kappa shape index (κ2) is 7.80. The summed E-state index contributed by atoms with van der Waals surface area (Å²) < 4.78 is 5.47. The molecule has 2 amide bonds. The lowest BCUT2D eigenvalue weighted by Gasteiger charge is -2.35. The van der Waals surface area contributed by atoms with E-state index in [9.17, 15) is 14.4 Å². The fourth-order valence-electron chi connectivity index (χ4n) is 3.39. The van der Waals surface area contributed by atoms with Gasteiger partial charge in [0.2, 0.25) is 5.91 Å². The predicted octanol–water partition coefficient (Wildman–Crippen LogP) is 3.31. The molecule has 6 nitrogen and oxygen atoms in total. The lowest BCUT2D eigenvalue weighted by atomic mass is 9.71. The summed E-state index contributed by atoms with van der Waals surface area (Å²) in [5.41, 5.74) is -2.02. The Bertz CT molecular complexity index is 571. The standard InChI is InChI=1S/C20H34N2O4/c1-9-10-15-12-22(17(25)26-19(6,7)8)13-20(15,11-14(2)23)16(24)21-18(3,4)5/h9,15H,1,10-13H2,2-8H3,(H,21,24)/t15-,20+/m0/s1. The van der Waals surface area contributed by atoms with E-state index in [4.69, 9.17) is 4.74 Å². The molecule has 0 unspecified atom stereocenters. The molecule has 6 heteroatoms. The summed E-state index contributed by atoms with van der Waals surface area (Å²) in [5, 5.41) is 3.00. The van der Waals surface area contributed by atoms with Gasteiger partial charge in [-0.1, -0.05) is 6.08 Å². The third kappa shape index (κ3) is 5.85. The highest BCUT2D eigenvalue weighted by molar-refractivity contribution is 5.91. The smallest absolute Gasteiger partial charge is 0.410 e. The predicted molar refractivity (Wildman–Crippen MR) is 102 cm³/mol. The number of amides is 2. The van der Waals surface area contributed by atoms with Crippen molar-refractivity contribution < 1.29 is 19.1 Å². The van der Waals surface area contributed by atoms with Gasteiger partial charge >= 0.3 is 6.09 Å². The SMILES string of the molecule is C=CC[C@H]1CN(C(=O)OC(C)(C)C)C[C@@]1(CC(C)=O)C(=O)NC(C)(C)C. The molecule has 0 aromatic carbocycles. The van der Waals surface area contributed by atoms with Crippen LogP contribution in [0.25, 0.3) is 0 Å². The second-order valence-corrected chi connectivity index (χ2v) is 9.32. The van der Waals surface area contributed by atoms with Gasteiger partial charge in [-0.3, -0.25) is 9.59 Å². The number of carbonyl (C=O) groups excluding carboxylic acids is 3.